The van der Waals surface area contributed by atoms with E-state index in [0.29, 0.717) is 23.0 Å². The van der Waals surface area contributed by atoms with Crippen LogP contribution in [0.25, 0.3) is 0 Å². The number of nitrogens with zero attached hydrogens (tertiary/aromatic N) is 3. The number of carboxylic acid groups (broad SMARTS) is 1. The van der Waals surface area contributed by atoms with Gasteiger partial charge in [0.15, 0.2) is 5.17 Å². The molecule has 0 bridgehead atoms. The number of aliphatic imine (C=N–C) groups is 2. The fraction of sp³-hybridized carbons (Fsp3) is 0.167. The van der Waals surface area contributed by atoms with Crippen LogP contribution in [0, 0.1) is 6.92 Å². The van der Waals surface area contributed by atoms with Crippen molar-refractivity contribution >= 4 is 28.8 Å². The molecule has 0 amide bonds. The summed E-state index contributed by atoms with van der Waals surface area (Å²) in [6, 6.07) is 23.2. The molecule has 32 heavy (non-hydrogen) atoms. The van der Waals surface area contributed by atoms with Crippen molar-refractivity contribution in [2.75, 3.05) is 0 Å². The number of carboxylic acids is 1. The quantitative estimate of drug-likeness (QED) is 0.282. The number of hydrogen-bond acceptors (Lipinski definition) is 6. The van der Waals surface area contributed by atoms with Gasteiger partial charge in [-0.15, -0.1) is 0 Å². The molecule has 0 atom stereocenters. The monoisotopic (exact) mass is 539 g/mol. The third-order valence-corrected chi connectivity index (χ3v) is 4.77. The van der Waals surface area contributed by atoms with Crippen molar-refractivity contribution in [3.63, 3.8) is 0 Å². The number of aromatic nitrogens is 1. The summed E-state index contributed by atoms with van der Waals surface area (Å²) < 4.78 is 0. The molecular weight excluding hydrogens is 517 g/mol. The number of thioether (sulfide) groups is 1. The molecule has 0 spiro atoms. The molecule has 168 valence electrons. The Morgan fingerprint density at radius 3 is 2.19 bits per heavy atom. The Morgan fingerprint density at radius 1 is 0.969 bits per heavy atom. The fourth-order valence-corrected chi connectivity index (χ4v) is 3.11. The number of rotatable bonds is 5. The van der Waals surface area contributed by atoms with E-state index in [1.165, 1.54) is 11.8 Å². The Balaban J connectivity index is 0.000000945. The minimum Gasteiger partial charge on any atom is -0.858 e. The fourth-order valence-electron chi connectivity index (χ4n) is 2.32. The molecular formula is C24H23N3O3PdS. The molecule has 2 aromatic carbocycles. The zero-order valence-corrected chi connectivity index (χ0v) is 20.1. The minimum absolute atomic E-state index is 0. The molecule has 0 N–H and O–H groups in total. The number of aryl methyl sites for hydroxylation is 1. The van der Waals surface area contributed by atoms with Crippen LogP contribution in [0.1, 0.15) is 29.3 Å². The first kappa shape index (κ1) is 27.2. The van der Waals surface area contributed by atoms with E-state index in [-0.39, 0.29) is 26.3 Å². The van der Waals surface area contributed by atoms with Gasteiger partial charge in [0.25, 0.3) is 0 Å². The van der Waals surface area contributed by atoms with Crippen molar-refractivity contribution < 1.29 is 35.4 Å². The summed E-state index contributed by atoms with van der Waals surface area (Å²) >= 11 is 1.45. The largest absolute Gasteiger partial charge is 2.00 e. The van der Waals surface area contributed by atoms with Gasteiger partial charge in [0.2, 0.25) is 0 Å². The Hall–Kier alpha value is -2.79. The van der Waals surface area contributed by atoms with Gasteiger partial charge in [-0.3, -0.25) is 9.98 Å². The maximum atomic E-state index is 12.5. The third kappa shape index (κ3) is 11.0. The summed E-state index contributed by atoms with van der Waals surface area (Å²) in [5.74, 6) is -0.664. The SMILES string of the molecule is CC(=O)[O-].Cc1ccc(/C([O-])=N/C(=NCc2ccccn2)SCc2ccccc2)cc1.[Pd+2]. The number of carbonyl (C=O) groups excluding carboxylic acids is 1. The topological polar surface area (TPSA) is 101 Å². The standard InChI is InChI=1S/C22H21N3OS.C2H4O2.Pd/c1-17-10-12-19(13-11-17)21(26)25-22(24-15-20-9-5-6-14-23-20)27-16-18-7-3-2-4-8-18;1-2(3)4;/h2-14H,15-16H2,1H3,(H,24,25,26);1H3,(H,3,4);/q;;+2/p-2. The van der Waals surface area contributed by atoms with Gasteiger partial charge in [-0.2, -0.15) is 0 Å². The molecule has 3 rings (SSSR count). The summed E-state index contributed by atoms with van der Waals surface area (Å²) in [5.41, 5.74) is 3.67. The molecule has 0 aliphatic rings. The second kappa shape index (κ2) is 15.1. The van der Waals surface area contributed by atoms with Crippen molar-refractivity contribution in [1.82, 2.24) is 4.98 Å². The predicted octanol–water partition coefficient (Wildman–Crippen LogP) is 2.74. The molecule has 1 heterocycles. The van der Waals surface area contributed by atoms with Crippen molar-refractivity contribution in [1.29, 1.82) is 0 Å². The Labute approximate surface area is 206 Å². The van der Waals surface area contributed by atoms with Crippen molar-refractivity contribution in [2.45, 2.75) is 26.1 Å². The Kier molecular flexibility index (Phi) is 12.8. The van der Waals surface area contributed by atoms with E-state index in [9.17, 15) is 5.11 Å². The maximum Gasteiger partial charge on any atom is 2.00 e. The van der Waals surface area contributed by atoms with Crippen LogP contribution in [0.2, 0.25) is 0 Å². The van der Waals surface area contributed by atoms with E-state index in [2.05, 4.69) is 15.0 Å². The average molecular weight is 540 g/mol. The summed E-state index contributed by atoms with van der Waals surface area (Å²) in [6.45, 7) is 3.35. The van der Waals surface area contributed by atoms with Gasteiger partial charge in [-0.25, -0.2) is 4.99 Å². The number of benzene rings is 2. The zero-order valence-electron chi connectivity index (χ0n) is 17.7. The van der Waals surface area contributed by atoms with Gasteiger partial charge in [-0.1, -0.05) is 78.0 Å². The molecule has 0 saturated heterocycles. The van der Waals surface area contributed by atoms with Crippen LogP contribution in [0.3, 0.4) is 0 Å². The van der Waals surface area contributed by atoms with Gasteiger partial charge in [-0.05, 0) is 43.0 Å². The number of pyridine rings is 1. The first-order valence-electron chi connectivity index (χ1n) is 9.55. The zero-order chi connectivity index (χ0) is 22.5. The van der Waals surface area contributed by atoms with Crippen molar-refractivity contribution in [2.24, 2.45) is 9.98 Å². The molecule has 3 aromatic rings. The van der Waals surface area contributed by atoms with E-state index < -0.39 is 5.97 Å². The first-order valence-corrected chi connectivity index (χ1v) is 10.5. The summed E-state index contributed by atoms with van der Waals surface area (Å²) in [6.07, 6.45) is 1.73. The van der Waals surface area contributed by atoms with Gasteiger partial charge in [0.05, 0.1) is 12.2 Å². The molecule has 0 fully saturated rings. The van der Waals surface area contributed by atoms with Crippen LogP contribution in [0.4, 0.5) is 0 Å². The molecule has 6 nitrogen and oxygen atoms in total. The van der Waals surface area contributed by atoms with Crippen LogP contribution >= 0.6 is 11.8 Å². The molecule has 8 heteroatoms. The number of aliphatic carboxylic acids is 1. The Morgan fingerprint density at radius 2 is 1.59 bits per heavy atom. The Bertz CT molecular complexity index is 1010. The smallest absolute Gasteiger partial charge is 0.858 e. The maximum absolute atomic E-state index is 12.5. The number of hydrogen-bond donors (Lipinski definition) is 0. The average Bonchev–Trinajstić information content (AvgIpc) is 2.77. The van der Waals surface area contributed by atoms with E-state index in [1.54, 1.807) is 18.3 Å². The van der Waals surface area contributed by atoms with E-state index >= 15 is 0 Å². The third-order valence-electron chi connectivity index (χ3n) is 3.81. The van der Waals surface area contributed by atoms with Crippen LogP contribution in [-0.2, 0) is 37.5 Å². The summed E-state index contributed by atoms with van der Waals surface area (Å²) in [5, 5.41) is 21.9. The van der Waals surface area contributed by atoms with Crippen molar-refractivity contribution in [3.05, 3.63) is 101 Å². The summed E-state index contributed by atoms with van der Waals surface area (Å²) in [4.78, 5) is 21.9. The number of amidine groups is 1. The van der Waals surface area contributed by atoms with E-state index in [4.69, 9.17) is 9.90 Å². The van der Waals surface area contributed by atoms with Gasteiger partial charge < -0.3 is 15.0 Å². The predicted molar refractivity (Wildman–Crippen MR) is 122 cm³/mol. The second-order valence-corrected chi connectivity index (χ2v) is 7.41. The molecule has 0 unspecified atom stereocenters. The minimum atomic E-state index is -1.08. The normalized spacial score (nSPS) is 11.1. The van der Waals surface area contributed by atoms with Crippen LogP contribution in [0.5, 0.6) is 0 Å². The van der Waals surface area contributed by atoms with Crippen molar-refractivity contribution in [3.8, 4) is 0 Å². The van der Waals surface area contributed by atoms with Crippen LogP contribution < -0.4 is 10.2 Å². The van der Waals surface area contributed by atoms with E-state index in [1.807, 2.05) is 67.6 Å². The molecule has 0 saturated carbocycles. The molecule has 0 aliphatic heterocycles. The van der Waals surface area contributed by atoms with E-state index in [0.717, 1.165) is 23.7 Å². The van der Waals surface area contributed by atoms with Gasteiger partial charge in [0, 0.05) is 17.9 Å². The number of carbonyl (C=O) groups is 1. The second-order valence-electron chi connectivity index (χ2n) is 6.47. The van der Waals surface area contributed by atoms with Crippen LogP contribution in [0.15, 0.2) is 89.0 Å². The van der Waals surface area contributed by atoms with Crippen LogP contribution in [-0.4, -0.2) is 22.0 Å². The molecule has 0 aliphatic carbocycles. The first-order chi connectivity index (χ1) is 14.9. The molecule has 0 radical (unpaired) electrons. The molecule has 1 aromatic heterocycles. The van der Waals surface area contributed by atoms with Gasteiger partial charge in [0.1, 0.15) is 0 Å². The summed E-state index contributed by atoms with van der Waals surface area (Å²) in [7, 11) is 0. The van der Waals surface area contributed by atoms with Gasteiger partial charge >= 0.3 is 20.4 Å².